The van der Waals surface area contributed by atoms with Crippen LogP contribution in [-0.2, 0) is 6.54 Å². The minimum absolute atomic E-state index is 0.639. The zero-order chi connectivity index (χ0) is 10.8. The molecule has 78 valence electrons. The van der Waals surface area contributed by atoms with Gasteiger partial charge in [0.1, 0.15) is 4.60 Å². The first kappa shape index (κ1) is 11.1. The molecule has 0 atom stereocenters. The van der Waals surface area contributed by atoms with Crippen LogP contribution in [0.25, 0.3) is 0 Å². The number of benzene rings is 1. The second-order valence-electron chi connectivity index (χ2n) is 2.96. The highest BCUT2D eigenvalue weighted by Gasteiger charge is 2.07. The fourth-order valence-electron chi connectivity index (χ4n) is 1.19. The molecule has 1 aromatic carbocycles. The Labute approximate surface area is 109 Å². The van der Waals surface area contributed by atoms with E-state index in [9.17, 15) is 0 Å². The second kappa shape index (κ2) is 4.63. The Bertz CT molecular complexity index is 484. The summed E-state index contributed by atoms with van der Waals surface area (Å²) in [4.78, 5) is 0. The SMILES string of the molecule is Clc1cccc(Cn2nnc(Br)c2Br)c1. The number of hydrogen-bond donors (Lipinski definition) is 0. The van der Waals surface area contributed by atoms with Crippen molar-refractivity contribution in [2.45, 2.75) is 6.54 Å². The Morgan fingerprint density at radius 3 is 2.73 bits per heavy atom. The predicted octanol–water partition coefficient (Wildman–Crippen LogP) is 3.50. The Hall–Kier alpha value is -0.390. The molecular formula is C9H6Br2ClN3. The van der Waals surface area contributed by atoms with Crippen molar-refractivity contribution in [2.24, 2.45) is 0 Å². The van der Waals surface area contributed by atoms with Gasteiger partial charge in [-0.3, -0.25) is 0 Å². The Morgan fingerprint density at radius 2 is 2.13 bits per heavy atom. The van der Waals surface area contributed by atoms with Crippen LogP contribution in [0.2, 0.25) is 5.02 Å². The molecule has 15 heavy (non-hydrogen) atoms. The van der Waals surface area contributed by atoms with Gasteiger partial charge in [-0.1, -0.05) is 28.9 Å². The van der Waals surface area contributed by atoms with Crippen LogP contribution in [0.4, 0.5) is 0 Å². The van der Waals surface area contributed by atoms with Gasteiger partial charge >= 0.3 is 0 Å². The average molecular weight is 351 g/mol. The molecule has 0 spiro atoms. The molecular weight excluding hydrogens is 345 g/mol. The molecule has 0 unspecified atom stereocenters. The van der Waals surface area contributed by atoms with Gasteiger partial charge in [0.15, 0.2) is 4.60 Å². The number of halogens is 3. The summed E-state index contributed by atoms with van der Waals surface area (Å²) < 4.78 is 3.27. The van der Waals surface area contributed by atoms with E-state index in [1.807, 2.05) is 24.3 Å². The van der Waals surface area contributed by atoms with E-state index in [-0.39, 0.29) is 0 Å². The maximum atomic E-state index is 5.89. The average Bonchev–Trinajstić information content (AvgIpc) is 2.50. The van der Waals surface area contributed by atoms with Crippen molar-refractivity contribution in [1.29, 1.82) is 0 Å². The van der Waals surface area contributed by atoms with E-state index >= 15 is 0 Å². The summed E-state index contributed by atoms with van der Waals surface area (Å²) in [6.45, 7) is 0.639. The van der Waals surface area contributed by atoms with E-state index < -0.39 is 0 Å². The Kier molecular flexibility index (Phi) is 3.43. The number of rotatable bonds is 2. The van der Waals surface area contributed by atoms with Crippen LogP contribution in [0.1, 0.15) is 5.56 Å². The maximum absolute atomic E-state index is 5.89. The van der Waals surface area contributed by atoms with E-state index in [2.05, 4.69) is 42.2 Å². The van der Waals surface area contributed by atoms with Crippen molar-refractivity contribution in [3.8, 4) is 0 Å². The molecule has 0 radical (unpaired) electrons. The fraction of sp³-hybridized carbons (Fsp3) is 0.111. The fourth-order valence-corrected chi connectivity index (χ4v) is 1.95. The maximum Gasteiger partial charge on any atom is 0.162 e. The molecule has 0 aliphatic heterocycles. The summed E-state index contributed by atoms with van der Waals surface area (Å²) in [5.41, 5.74) is 1.08. The van der Waals surface area contributed by atoms with Gasteiger partial charge in [0.2, 0.25) is 0 Å². The number of nitrogens with zero attached hydrogens (tertiary/aromatic N) is 3. The van der Waals surface area contributed by atoms with Gasteiger partial charge in [0.05, 0.1) is 6.54 Å². The lowest BCUT2D eigenvalue weighted by Crippen LogP contribution is -2.02. The van der Waals surface area contributed by atoms with E-state index in [0.29, 0.717) is 11.1 Å². The molecule has 2 aromatic rings. The monoisotopic (exact) mass is 349 g/mol. The van der Waals surface area contributed by atoms with Crippen molar-refractivity contribution < 1.29 is 0 Å². The van der Waals surface area contributed by atoms with Gasteiger partial charge in [-0.05, 0) is 49.6 Å². The first-order valence-electron chi connectivity index (χ1n) is 4.16. The van der Waals surface area contributed by atoms with Crippen molar-refractivity contribution in [2.75, 3.05) is 0 Å². The Balaban J connectivity index is 2.26. The van der Waals surface area contributed by atoms with Gasteiger partial charge in [-0.25, -0.2) is 4.68 Å². The van der Waals surface area contributed by atoms with Crippen LogP contribution in [0, 0.1) is 0 Å². The normalized spacial score (nSPS) is 10.6. The van der Waals surface area contributed by atoms with E-state index in [1.54, 1.807) is 4.68 Å². The molecule has 1 heterocycles. The summed E-state index contributed by atoms with van der Waals surface area (Å²) in [6, 6.07) is 7.66. The van der Waals surface area contributed by atoms with E-state index in [1.165, 1.54) is 0 Å². The lowest BCUT2D eigenvalue weighted by atomic mass is 10.2. The lowest BCUT2D eigenvalue weighted by Gasteiger charge is -2.02. The summed E-state index contributed by atoms with van der Waals surface area (Å²) in [5, 5.41) is 8.58. The van der Waals surface area contributed by atoms with Crippen LogP contribution < -0.4 is 0 Å². The van der Waals surface area contributed by atoms with Gasteiger partial charge < -0.3 is 0 Å². The van der Waals surface area contributed by atoms with Crippen LogP contribution in [0.3, 0.4) is 0 Å². The topological polar surface area (TPSA) is 30.7 Å². The third kappa shape index (κ3) is 2.59. The van der Waals surface area contributed by atoms with Crippen molar-refractivity contribution >= 4 is 43.5 Å². The van der Waals surface area contributed by atoms with Crippen molar-refractivity contribution in [3.05, 3.63) is 44.1 Å². The molecule has 0 saturated carbocycles. The molecule has 0 N–H and O–H groups in total. The smallest absolute Gasteiger partial charge is 0.162 e. The van der Waals surface area contributed by atoms with Gasteiger partial charge in [0.25, 0.3) is 0 Å². The summed E-state index contributed by atoms with van der Waals surface area (Å²) in [5.74, 6) is 0. The molecule has 2 rings (SSSR count). The zero-order valence-corrected chi connectivity index (χ0v) is 11.4. The van der Waals surface area contributed by atoms with Crippen LogP contribution >= 0.6 is 43.5 Å². The molecule has 0 fully saturated rings. The first-order valence-corrected chi connectivity index (χ1v) is 6.12. The van der Waals surface area contributed by atoms with Crippen molar-refractivity contribution in [3.63, 3.8) is 0 Å². The highest BCUT2D eigenvalue weighted by molar-refractivity contribution is 9.13. The highest BCUT2D eigenvalue weighted by atomic mass is 79.9. The molecule has 6 heteroatoms. The highest BCUT2D eigenvalue weighted by Crippen LogP contribution is 2.20. The minimum Gasteiger partial charge on any atom is -0.233 e. The second-order valence-corrected chi connectivity index (χ2v) is 4.90. The molecule has 0 saturated heterocycles. The van der Waals surface area contributed by atoms with Crippen LogP contribution in [-0.4, -0.2) is 15.0 Å². The minimum atomic E-state index is 0.639. The van der Waals surface area contributed by atoms with E-state index in [4.69, 9.17) is 11.6 Å². The first-order chi connectivity index (χ1) is 7.16. The predicted molar refractivity (Wildman–Crippen MR) is 66.0 cm³/mol. The molecule has 0 amide bonds. The summed E-state index contributed by atoms with van der Waals surface area (Å²) in [6.07, 6.45) is 0. The lowest BCUT2D eigenvalue weighted by molar-refractivity contribution is 0.638. The third-order valence-electron chi connectivity index (χ3n) is 1.86. The molecule has 0 bridgehead atoms. The Morgan fingerprint density at radius 1 is 1.33 bits per heavy atom. The van der Waals surface area contributed by atoms with Crippen molar-refractivity contribution in [1.82, 2.24) is 15.0 Å². The quantitative estimate of drug-likeness (QED) is 0.829. The zero-order valence-electron chi connectivity index (χ0n) is 7.49. The van der Waals surface area contributed by atoms with Gasteiger partial charge in [-0.2, -0.15) is 0 Å². The third-order valence-corrected chi connectivity index (χ3v) is 3.94. The van der Waals surface area contributed by atoms with Crippen LogP contribution in [0.15, 0.2) is 33.5 Å². The largest absolute Gasteiger partial charge is 0.233 e. The molecule has 1 aromatic heterocycles. The van der Waals surface area contributed by atoms with Crippen LogP contribution in [0.5, 0.6) is 0 Å². The van der Waals surface area contributed by atoms with Gasteiger partial charge in [0, 0.05) is 5.02 Å². The molecule has 0 aliphatic rings. The summed E-state index contributed by atoms with van der Waals surface area (Å²) in [7, 11) is 0. The van der Waals surface area contributed by atoms with E-state index in [0.717, 1.165) is 15.2 Å². The number of hydrogen-bond acceptors (Lipinski definition) is 2. The molecule has 3 nitrogen and oxygen atoms in total. The number of aromatic nitrogens is 3. The van der Waals surface area contributed by atoms with Gasteiger partial charge in [-0.15, -0.1) is 5.10 Å². The molecule has 0 aliphatic carbocycles. The standard InChI is InChI=1S/C9H6Br2ClN3/c10-8-9(11)15(14-13-8)5-6-2-1-3-7(12)4-6/h1-4H,5H2. The summed E-state index contributed by atoms with van der Waals surface area (Å²) >= 11 is 12.6.